The number of nitrogens with one attached hydrogen (secondary N) is 1. The van der Waals surface area contributed by atoms with Crippen molar-refractivity contribution in [2.24, 2.45) is 0 Å². The number of anilines is 2. The molecule has 0 atom stereocenters. The summed E-state index contributed by atoms with van der Waals surface area (Å²) in [6.07, 6.45) is 4.91. The number of carbonyl (C=O) groups is 1. The van der Waals surface area contributed by atoms with Crippen molar-refractivity contribution in [3.8, 4) is 11.3 Å². The number of amides is 1. The van der Waals surface area contributed by atoms with Crippen molar-refractivity contribution in [3.05, 3.63) is 82.5 Å². The Morgan fingerprint density at radius 1 is 1.09 bits per heavy atom. The molecule has 0 saturated carbocycles. The van der Waals surface area contributed by atoms with Gasteiger partial charge in [-0.15, -0.1) is 0 Å². The minimum absolute atomic E-state index is 0.244. The third kappa shape index (κ3) is 4.37. The van der Waals surface area contributed by atoms with Gasteiger partial charge in [0.1, 0.15) is 0 Å². The molecule has 1 amide bonds. The van der Waals surface area contributed by atoms with E-state index in [1.165, 1.54) is 4.31 Å². The van der Waals surface area contributed by atoms with Crippen molar-refractivity contribution < 1.29 is 17.9 Å². The van der Waals surface area contributed by atoms with E-state index < -0.39 is 10.0 Å². The lowest BCUT2D eigenvalue weighted by atomic mass is 10.1. The van der Waals surface area contributed by atoms with Crippen molar-refractivity contribution in [3.63, 3.8) is 0 Å². The fourth-order valence-corrected chi connectivity index (χ4v) is 5.33. The van der Waals surface area contributed by atoms with Gasteiger partial charge in [-0.05, 0) is 54.1 Å². The molecule has 0 radical (unpaired) electrons. The Morgan fingerprint density at radius 2 is 1.91 bits per heavy atom. The van der Waals surface area contributed by atoms with Crippen LogP contribution in [0.5, 0.6) is 0 Å². The summed E-state index contributed by atoms with van der Waals surface area (Å²) in [5, 5.41) is 3.42. The zero-order valence-electron chi connectivity index (χ0n) is 17.5. The molecule has 0 spiro atoms. The highest BCUT2D eigenvalue weighted by atomic mass is 35.5. The molecule has 1 fully saturated rings. The second-order valence-electron chi connectivity index (χ2n) is 7.74. The van der Waals surface area contributed by atoms with Crippen molar-refractivity contribution in [2.75, 3.05) is 28.7 Å². The van der Waals surface area contributed by atoms with E-state index in [1.807, 2.05) is 18.2 Å². The number of rotatable bonds is 4. The number of halogens is 1. The first kappa shape index (κ1) is 21.6. The highest BCUT2D eigenvalue weighted by Crippen LogP contribution is 2.31. The summed E-state index contributed by atoms with van der Waals surface area (Å²) in [5.41, 5.74) is 5.07. The van der Waals surface area contributed by atoms with Gasteiger partial charge >= 0.3 is 0 Å². The van der Waals surface area contributed by atoms with E-state index in [0.29, 0.717) is 28.6 Å². The summed E-state index contributed by atoms with van der Waals surface area (Å²) in [6, 6.07) is 15.6. The average molecular weight is 482 g/mol. The van der Waals surface area contributed by atoms with E-state index >= 15 is 0 Å². The summed E-state index contributed by atoms with van der Waals surface area (Å²) in [6.45, 7) is 0.574. The molecular weight excluding hydrogens is 462 g/mol. The lowest BCUT2D eigenvalue weighted by Crippen LogP contribution is -2.41. The van der Waals surface area contributed by atoms with Crippen LogP contribution in [0.1, 0.15) is 21.6 Å². The number of benzene rings is 2. The zero-order valence-corrected chi connectivity index (χ0v) is 19.1. The third-order valence-electron chi connectivity index (χ3n) is 5.54. The predicted octanol–water partition coefficient (Wildman–Crippen LogP) is 4.35. The number of hydrogen-bond donors (Lipinski definition) is 1. The molecule has 0 unspecified atom stereocenters. The number of ether oxygens (including phenoxy) is 1. The van der Waals surface area contributed by atoms with Gasteiger partial charge in [0.25, 0.3) is 15.9 Å². The number of fused-ring (bicyclic) bond motifs is 1. The van der Waals surface area contributed by atoms with Crippen LogP contribution >= 0.6 is 11.6 Å². The SMILES string of the molecule is O=C(Nc1ccc(Cl)c(-c2ccc3c(n2)CC=C3)c1)c1ccc(N2CCOCS2(=O)=O)cc1. The van der Waals surface area contributed by atoms with Crippen LogP contribution in [0.4, 0.5) is 11.4 Å². The molecular formula is C24H20ClN3O4S. The fourth-order valence-electron chi connectivity index (χ4n) is 3.86. The van der Waals surface area contributed by atoms with E-state index in [9.17, 15) is 13.2 Å². The van der Waals surface area contributed by atoms with E-state index in [-0.39, 0.29) is 18.4 Å². The van der Waals surface area contributed by atoms with Gasteiger partial charge in [0.2, 0.25) is 0 Å². The predicted molar refractivity (Wildman–Crippen MR) is 129 cm³/mol. The van der Waals surface area contributed by atoms with Crippen molar-refractivity contribution in [1.82, 2.24) is 4.98 Å². The molecule has 0 bridgehead atoms. The Balaban J connectivity index is 1.34. The Morgan fingerprint density at radius 3 is 2.70 bits per heavy atom. The number of allylic oxidation sites excluding steroid dienone is 1. The zero-order chi connectivity index (χ0) is 23.0. The van der Waals surface area contributed by atoms with Gasteiger partial charge in [0.15, 0.2) is 5.94 Å². The van der Waals surface area contributed by atoms with E-state index in [2.05, 4.69) is 11.4 Å². The second kappa shape index (κ2) is 8.62. The molecule has 9 heteroatoms. The van der Waals surface area contributed by atoms with Gasteiger partial charge in [-0.2, -0.15) is 0 Å². The number of sulfonamides is 1. The first-order valence-electron chi connectivity index (χ1n) is 10.4. The molecule has 1 saturated heterocycles. The maximum absolute atomic E-state index is 12.8. The van der Waals surface area contributed by atoms with Crippen LogP contribution in [0, 0.1) is 0 Å². The first-order chi connectivity index (χ1) is 15.9. The summed E-state index contributed by atoms with van der Waals surface area (Å²) in [7, 11) is -3.51. The van der Waals surface area contributed by atoms with Crippen LogP contribution in [0.25, 0.3) is 17.3 Å². The molecule has 5 rings (SSSR count). The molecule has 1 N–H and O–H groups in total. The van der Waals surface area contributed by atoms with E-state index in [0.717, 1.165) is 28.9 Å². The van der Waals surface area contributed by atoms with Crippen molar-refractivity contribution in [1.29, 1.82) is 0 Å². The standard InChI is InChI=1S/C24H20ClN3O4S/c25-21-10-7-18(14-20(21)23-11-6-16-2-1-3-22(16)27-23)26-24(29)17-4-8-19(9-5-17)28-12-13-32-15-33(28,30)31/h1-2,4-11,14H,3,12-13,15H2,(H,26,29). The smallest absolute Gasteiger partial charge is 0.259 e. The van der Waals surface area contributed by atoms with E-state index in [1.54, 1.807) is 42.5 Å². The van der Waals surface area contributed by atoms with Gasteiger partial charge in [-0.3, -0.25) is 14.1 Å². The number of carbonyl (C=O) groups excluding carboxylic acids is 1. The molecule has 2 aromatic carbocycles. The Hall–Kier alpha value is -3.20. The van der Waals surface area contributed by atoms with Crippen molar-refractivity contribution >= 4 is 45.0 Å². The molecule has 33 heavy (non-hydrogen) atoms. The van der Waals surface area contributed by atoms with Crippen LogP contribution in [0.15, 0.2) is 60.7 Å². The van der Waals surface area contributed by atoms with Crippen LogP contribution in [0.2, 0.25) is 5.02 Å². The number of aromatic nitrogens is 1. The average Bonchev–Trinajstić information content (AvgIpc) is 3.28. The fraction of sp³-hybridized carbons (Fsp3) is 0.167. The van der Waals surface area contributed by atoms with Gasteiger partial charge in [-0.1, -0.05) is 29.8 Å². The van der Waals surface area contributed by atoms with Gasteiger partial charge in [0.05, 0.1) is 35.2 Å². The molecule has 7 nitrogen and oxygen atoms in total. The lowest BCUT2D eigenvalue weighted by Gasteiger charge is -2.28. The van der Waals surface area contributed by atoms with Gasteiger partial charge in [0, 0.05) is 23.2 Å². The van der Waals surface area contributed by atoms with Crippen LogP contribution in [0.3, 0.4) is 0 Å². The molecule has 3 aromatic rings. The molecule has 2 heterocycles. The quantitative estimate of drug-likeness (QED) is 0.598. The normalized spacial score (nSPS) is 16.5. The summed E-state index contributed by atoms with van der Waals surface area (Å²) >= 11 is 6.42. The summed E-state index contributed by atoms with van der Waals surface area (Å²) in [5.74, 6) is -0.658. The topological polar surface area (TPSA) is 88.6 Å². The monoisotopic (exact) mass is 481 g/mol. The van der Waals surface area contributed by atoms with Crippen LogP contribution in [-0.4, -0.2) is 38.4 Å². The minimum atomic E-state index is -3.51. The highest BCUT2D eigenvalue weighted by molar-refractivity contribution is 7.92. The summed E-state index contributed by atoms with van der Waals surface area (Å²) < 4.78 is 30.7. The molecule has 168 valence electrons. The number of pyridine rings is 1. The highest BCUT2D eigenvalue weighted by Gasteiger charge is 2.26. The number of nitrogens with zero attached hydrogens (tertiary/aromatic N) is 2. The van der Waals surface area contributed by atoms with Crippen LogP contribution in [-0.2, 0) is 21.2 Å². The van der Waals surface area contributed by atoms with Crippen LogP contribution < -0.4 is 9.62 Å². The first-order valence-corrected chi connectivity index (χ1v) is 12.4. The summed E-state index contributed by atoms with van der Waals surface area (Å²) in [4.78, 5) is 17.5. The Labute approximate surface area is 196 Å². The Bertz CT molecular complexity index is 1370. The molecule has 1 aliphatic carbocycles. The molecule has 1 aliphatic heterocycles. The van der Waals surface area contributed by atoms with Crippen molar-refractivity contribution in [2.45, 2.75) is 6.42 Å². The third-order valence-corrected chi connectivity index (χ3v) is 7.40. The maximum atomic E-state index is 12.8. The minimum Gasteiger partial charge on any atom is -0.362 e. The molecule has 2 aliphatic rings. The number of hydrogen-bond acceptors (Lipinski definition) is 5. The Kier molecular flexibility index (Phi) is 5.65. The maximum Gasteiger partial charge on any atom is 0.259 e. The second-order valence-corrected chi connectivity index (χ2v) is 9.99. The lowest BCUT2D eigenvalue weighted by molar-refractivity contribution is 0.102. The van der Waals surface area contributed by atoms with Gasteiger partial charge < -0.3 is 10.1 Å². The molecule has 1 aromatic heterocycles. The largest absolute Gasteiger partial charge is 0.362 e. The van der Waals surface area contributed by atoms with Gasteiger partial charge in [-0.25, -0.2) is 8.42 Å². The van der Waals surface area contributed by atoms with E-state index in [4.69, 9.17) is 21.3 Å².